The number of unbranched alkanes of at least 4 members (excludes halogenated alkanes) is 4. The average molecular weight is 651 g/mol. The molecule has 12 nitrogen and oxygen atoms in total. The van der Waals surface area contributed by atoms with Crippen molar-refractivity contribution in [1.82, 2.24) is 0 Å². The maximum Gasteiger partial charge on any atom is 0.341 e. The van der Waals surface area contributed by atoms with Gasteiger partial charge in [-0.2, -0.15) is 0 Å². The van der Waals surface area contributed by atoms with Crippen LogP contribution in [0.4, 0.5) is 0 Å². The number of hydrogen-bond donors (Lipinski definition) is 2. The van der Waals surface area contributed by atoms with Crippen LogP contribution in [0.3, 0.4) is 0 Å². The van der Waals surface area contributed by atoms with Crippen molar-refractivity contribution < 1.29 is 57.9 Å². The third-order valence-electron chi connectivity index (χ3n) is 9.51. The molecule has 258 valence electrons. The van der Waals surface area contributed by atoms with Gasteiger partial charge in [0.15, 0.2) is 29.5 Å². The molecule has 0 aromatic carbocycles. The van der Waals surface area contributed by atoms with E-state index < -0.39 is 83.4 Å². The van der Waals surface area contributed by atoms with Crippen molar-refractivity contribution in [3.8, 4) is 0 Å². The molecular formula is C34H50O12. The summed E-state index contributed by atoms with van der Waals surface area (Å²) in [6, 6.07) is 0. The highest BCUT2D eigenvalue weighted by molar-refractivity contribution is 5.88. The molecule has 1 saturated heterocycles. The first kappa shape index (κ1) is 37.2. The van der Waals surface area contributed by atoms with Crippen molar-refractivity contribution in [2.45, 2.75) is 154 Å². The zero-order chi connectivity index (χ0) is 34.6. The largest absolute Gasteiger partial charge is 0.459 e. The molecule has 0 aromatic heterocycles. The number of carbonyl (C=O) groups excluding carboxylic acids is 5. The molecule has 2 aliphatic carbocycles. The Balaban J connectivity index is 2.23. The molecule has 1 saturated carbocycles. The molecule has 2 fully saturated rings. The summed E-state index contributed by atoms with van der Waals surface area (Å²) in [5, 5.41) is 23.9. The lowest BCUT2D eigenvalue weighted by molar-refractivity contribution is -0.212. The van der Waals surface area contributed by atoms with Crippen LogP contribution in [0.5, 0.6) is 0 Å². The minimum Gasteiger partial charge on any atom is -0.459 e. The molecule has 8 atom stereocenters. The predicted octanol–water partition coefficient (Wildman–Crippen LogP) is 3.93. The topological polar surface area (TPSA) is 172 Å². The van der Waals surface area contributed by atoms with Crippen LogP contribution >= 0.6 is 0 Å². The van der Waals surface area contributed by atoms with Crippen LogP contribution in [0.25, 0.3) is 0 Å². The highest BCUT2D eigenvalue weighted by Crippen LogP contribution is 2.57. The number of allylic oxidation sites excluding steroid dienone is 1. The smallest absolute Gasteiger partial charge is 0.341 e. The van der Waals surface area contributed by atoms with Gasteiger partial charge in [-0.1, -0.05) is 45.6 Å². The summed E-state index contributed by atoms with van der Waals surface area (Å²) in [6.07, 6.45) is 0.272. The molecule has 2 N–H and O–H groups in total. The van der Waals surface area contributed by atoms with Crippen molar-refractivity contribution >= 4 is 29.8 Å². The van der Waals surface area contributed by atoms with Crippen molar-refractivity contribution in [1.29, 1.82) is 0 Å². The molecule has 0 aromatic rings. The van der Waals surface area contributed by atoms with Gasteiger partial charge in [-0.25, -0.2) is 9.59 Å². The summed E-state index contributed by atoms with van der Waals surface area (Å²) in [5.41, 5.74) is -6.12. The first-order valence-electron chi connectivity index (χ1n) is 16.3. The van der Waals surface area contributed by atoms with E-state index in [-0.39, 0.29) is 29.6 Å². The summed E-state index contributed by atoms with van der Waals surface area (Å²) in [5.74, 6) is -5.03. The zero-order valence-electron chi connectivity index (χ0n) is 28.3. The molecule has 12 heteroatoms. The van der Waals surface area contributed by atoms with Crippen LogP contribution in [0.2, 0.25) is 0 Å². The van der Waals surface area contributed by atoms with Gasteiger partial charge < -0.3 is 33.9 Å². The van der Waals surface area contributed by atoms with E-state index in [4.69, 9.17) is 23.7 Å². The maximum atomic E-state index is 13.3. The number of esters is 5. The fourth-order valence-electron chi connectivity index (χ4n) is 6.90. The second-order valence-corrected chi connectivity index (χ2v) is 13.1. The molecule has 3 aliphatic rings. The van der Waals surface area contributed by atoms with Crippen molar-refractivity contribution in [2.75, 3.05) is 0 Å². The van der Waals surface area contributed by atoms with Gasteiger partial charge >= 0.3 is 29.8 Å². The minimum absolute atomic E-state index is 0.0234. The van der Waals surface area contributed by atoms with Crippen LogP contribution in [0.15, 0.2) is 22.8 Å². The Morgan fingerprint density at radius 3 is 2.15 bits per heavy atom. The number of rotatable bonds is 13. The molecule has 0 bridgehead atoms. The molecule has 0 unspecified atom stereocenters. The van der Waals surface area contributed by atoms with E-state index in [1.807, 2.05) is 0 Å². The maximum absolute atomic E-state index is 13.3. The third-order valence-corrected chi connectivity index (χ3v) is 9.51. The molecule has 3 rings (SSSR count). The van der Waals surface area contributed by atoms with Crippen LogP contribution in [0, 0.1) is 5.92 Å². The summed E-state index contributed by atoms with van der Waals surface area (Å²) < 4.78 is 29.3. The average Bonchev–Trinajstić information content (AvgIpc) is 3.30. The molecule has 1 aliphatic heterocycles. The van der Waals surface area contributed by atoms with E-state index in [1.54, 1.807) is 33.8 Å². The predicted molar refractivity (Wildman–Crippen MR) is 164 cm³/mol. The second-order valence-electron chi connectivity index (χ2n) is 13.1. The Kier molecular flexibility index (Phi) is 11.9. The summed E-state index contributed by atoms with van der Waals surface area (Å²) in [7, 11) is 0. The quantitative estimate of drug-likeness (QED) is 0.0969. The van der Waals surface area contributed by atoms with Gasteiger partial charge in [-0.05, 0) is 58.6 Å². The molecule has 0 spiro atoms. The number of aliphatic hydroxyl groups is 2. The Morgan fingerprint density at radius 1 is 0.935 bits per heavy atom. The fourth-order valence-corrected chi connectivity index (χ4v) is 6.90. The molecule has 46 heavy (non-hydrogen) atoms. The lowest BCUT2D eigenvalue weighted by Gasteiger charge is -2.41. The van der Waals surface area contributed by atoms with Gasteiger partial charge in [-0.3, -0.25) is 14.4 Å². The first-order valence-corrected chi connectivity index (χ1v) is 16.3. The molecule has 0 amide bonds. The number of ether oxygens (including phenoxy) is 5. The lowest BCUT2D eigenvalue weighted by atomic mass is 9.75. The van der Waals surface area contributed by atoms with Gasteiger partial charge in [0.1, 0.15) is 11.7 Å². The van der Waals surface area contributed by atoms with Gasteiger partial charge in [0.05, 0.1) is 5.92 Å². The molecule has 0 radical (unpaired) electrons. The van der Waals surface area contributed by atoms with Crippen molar-refractivity contribution in [3.05, 3.63) is 22.8 Å². The third kappa shape index (κ3) is 7.02. The van der Waals surface area contributed by atoms with Crippen molar-refractivity contribution in [2.24, 2.45) is 5.92 Å². The van der Waals surface area contributed by atoms with Crippen LogP contribution in [0.1, 0.15) is 113 Å². The van der Waals surface area contributed by atoms with Gasteiger partial charge in [-0.15, -0.1) is 0 Å². The van der Waals surface area contributed by atoms with Crippen LogP contribution < -0.4 is 0 Å². The van der Waals surface area contributed by atoms with E-state index in [9.17, 15) is 34.2 Å². The Morgan fingerprint density at radius 2 is 1.57 bits per heavy atom. The summed E-state index contributed by atoms with van der Waals surface area (Å²) in [6.45, 7) is 12.4. The molecular weight excluding hydrogens is 600 g/mol. The van der Waals surface area contributed by atoms with Crippen molar-refractivity contribution in [3.63, 3.8) is 0 Å². The van der Waals surface area contributed by atoms with Gasteiger partial charge in [0.25, 0.3) is 0 Å². The SMILES string of the molecule is C/C=C(\C)C(=O)O[C@H]1C(C)=C2[C@H]3OC(=O)[C@](C)(O)[C@]3(O)[C@H](OC(=O)CCC)C[C@@](C)(OC(C)=O)[C@H]2[C@H]1OC(=O)CCCCCCC. The first-order chi connectivity index (χ1) is 21.5. The highest BCUT2D eigenvalue weighted by atomic mass is 16.6. The number of carbonyl (C=O) groups is 5. The highest BCUT2D eigenvalue weighted by Gasteiger charge is 2.76. The van der Waals surface area contributed by atoms with E-state index in [2.05, 4.69) is 6.92 Å². The van der Waals surface area contributed by atoms with Crippen LogP contribution in [-0.2, 0) is 47.7 Å². The lowest BCUT2D eigenvalue weighted by Crippen LogP contribution is -2.64. The summed E-state index contributed by atoms with van der Waals surface area (Å²) >= 11 is 0. The Labute approximate surface area is 270 Å². The number of fused-ring (bicyclic) bond motifs is 3. The Hall–Kier alpha value is -3.25. The monoisotopic (exact) mass is 650 g/mol. The van der Waals surface area contributed by atoms with E-state index in [0.29, 0.717) is 12.8 Å². The van der Waals surface area contributed by atoms with E-state index in [0.717, 1.165) is 32.6 Å². The normalized spacial score (nSPS) is 33.8. The Bertz CT molecular complexity index is 1260. The number of hydrogen-bond acceptors (Lipinski definition) is 12. The van der Waals surface area contributed by atoms with Gasteiger partial charge in [0, 0.05) is 31.8 Å². The van der Waals surface area contributed by atoms with Crippen LogP contribution in [-0.4, -0.2) is 81.3 Å². The standard InChI is InChI=1S/C34H50O12/c1-9-12-13-14-15-17-24(37)43-28-26-25(20(5)27(28)44-30(38)19(4)11-3)29-34(41,33(8,40)31(39)45-29)22(42-23(36)16-10-2)18-32(26,7)46-21(6)35/h11,22,26-29,40-41H,9-10,12-18H2,1-8H3/b19-11+/t22-,26-,27+,28-,29-,32-,33+,34+/m1/s1. The fraction of sp³-hybridized carbons (Fsp3) is 0.735. The minimum atomic E-state index is -2.57. The van der Waals surface area contributed by atoms with E-state index in [1.165, 1.54) is 13.8 Å². The molecule has 1 heterocycles. The second kappa shape index (κ2) is 14.7. The zero-order valence-corrected chi connectivity index (χ0v) is 28.3. The van der Waals surface area contributed by atoms with Gasteiger partial charge in [0.2, 0.25) is 0 Å². The van der Waals surface area contributed by atoms with E-state index >= 15 is 0 Å². The summed E-state index contributed by atoms with van der Waals surface area (Å²) in [4.78, 5) is 65.1.